The summed E-state index contributed by atoms with van der Waals surface area (Å²) in [5.41, 5.74) is -1.89. The molecule has 3 rings (SSSR count). The lowest BCUT2D eigenvalue weighted by Crippen LogP contribution is -2.36. The summed E-state index contributed by atoms with van der Waals surface area (Å²) in [6, 6.07) is 2.54. The second kappa shape index (κ2) is 9.97. The van der Waals surface area contributed by atoms with Crippen LogP contribution in [0, 0.1) is 5.41 Å². The molecule has 0 bridgehead atoms. The number of rotatable bonds is 10. The van der Waals surface area contributed by atoms with Gasteiger partial charge in [0.1, 0.15) is 10.7 Å². The maximum Gasteiger partial charge on any atom is 0.412 e. The first-order chi connectivity index (χ1) is 18.8. The van der Waals surface area contributed by atoms with E-state index >= 15 is 0 Å². The number of Topliss-reactive ketones (excluding diaryl/α,β-unsaturated/α-hetero) is 1. The first-order valence-corrected chi connectivity index (χ1v) is 17.2. The van der Waals surface area contributed by atoms with Crippen molar-refractivity contribution in [3.63, 3.8) is 0 Å². The van der Waals surface area contributed by atoms with Gasteiger partial charge in [0.25, 0.3) is 0 Å². The van der Waals surface area contributed by atoms with E-state index in [2.05, 4.69) is 5.32 Å². The van der Waals surface area contributed by atoms with E-state index in [9.17, 15) is 45.9 Å². The van der Waals surface area contributed by atoms with Gasteiger partial charge in [0, 0.05) is 24.7 Å². The van der Waals surface area contributed by atoms with Crippen LogP contribution < -0.4 is 18.5 Å². The molecule has 1 amide bonds. The number of carbonyl (C=O) groups is 2. The summed E-state index contributed by atoms with van der Waals surface area (Å²) in [4.78, 5) is 23.2. The summed E-state index contributed by atoms with van der Waals surface area (Å²) >= 11 is 0. The van der Waals surface area contributed by atoms with Crippen LogP contribution in [0.15, 0.2) is 35.2 Å². The Bertz CT molecular complexity index is 1690. The van der Waals surface area contributed by atoms with Crippen molar-refractivity contribution in [3.8, 4) is 11.5 Å². The fourth-order valence-corrected chi connectivity index (χ4v) is 7.65. The van der Waals surface area contributed by atoms with Gasteiger partial charge in [-0.3, -0.25) is 10.2 Å². The van der Waals surface area contributed by atoms with Gasteiger partial charge >= 0.3 is 16.3 Å². The molecule has 0 fully saturated rings. The van der Waals surface area contributed by atoms with E-state index in [4.69, 9.17) is 14.9 Å². The summed E-state index contributed by atoms with van der Waals surface area (Å²) in [7, 11) is -19.0. The number of anilines is 1. The molecule has 0 spiro atoms. The van der Waals surface area contributed by atoms with Gasteiger partial charge in [-0.05, 0) is 42.8 Å². The zero-order chi connectivity index (χ0) is 32.1. The van der Waals surface area contributed by atoms with E-state index in [0.717, 1.165) is 4.90 Å². The minimum absolute atomic E-state index is 0.0808. The topological polar surface area (TPSA) is 163 Å². The van der Waals surface area contributed by atoms with Crippen LogP contribution >= 0.6 is 10.2 Å². The molecule has 0 saturated heterocycles. The fraction of sp³-hybridized carbons (Fsp3) is 0.318. The standard InChI is InChI=1S/C22H25F5N4O8S3/c1-5-38-19-8-14-11-30(21(28)17(14)10-20(19)39-22(33)29-2)12-18(32)13-6-15(31(40(3,34)35)41(4,36)37)9-16(7-13)42(23,24,25,26)27/h6-10,28H,5,11-12H2,1-4H3,(H,29,33). The SMILES string of the molecule is CCOc1cc2c(cc1OC(=O)NC)C(=N)N(CC(=O)c1cc(N(S(C)(=O)=O)S(C)(=O)=O)cc(S(F)(F)(F)(F)F)c1)C2. The summed E-state index contributed by atoms with van der Waals surface area (Å²) in [6.45, 7) is 0.774. The number of hydrogen-bond donors (Lipinski definition) is 2. The van der Waals surface area contributed by atoms with E-state index in [-0.39, 0.29) is 48.2 Å². The molecule has 0 radical (unpaired) electrons. The molecular weight excluding hydrogens is 639 g/mol. The Morgan fingerprint density at radius 1 is 1.00 bits per heavy atom. The highest BCUT2D eigenvalue weighted by atomic mass is 32.5. The Hall–Kier alpha value is -3.65. The third-order valence-electron chi connectivity index (χ3n) is 5.62. The molecule has 12 nitrogen and oxygen atoms in total. The molecule has 2 aromatic carbocycles. The number of sulfonamides is 2. The molecule has 0 saturated carbocycles. The number of ether oxygens (including phenoxy) is 2. The molecule has 1 aliphatic rings. The number of hydrogen-bond acceptors (Lipinski definition) is 9. The highest BCUT2D eigenvalue weighted by Gasteiger charge is 2.65. The van der Waals surface area contributed by atoms with Gasteiger partial charge in [-0.1, -0.05) is 19.4 Å². The van der Waals surface area contributed by atoms with Crippen LogP contribution in [0.4, 0.5) is 29.9 Å². The second-order valence-corrected chi connectivity index (χ2v) is 15.4. The van der Waals surface area contributed by atoms with Crippen LogP contribution in [0.1, 0.15) is 28.4 Å². The molecule has 42 heavy (non-hydrogen) atoms. The molecular formula is C22H25F5N4O8S3. The predicted octanol–water partition coefficient (Wildman–Crippen LogP) is 4.21. The molecule has 234 valence electrons. The van der Waals surface area contributed by atoms with Crippen LogP contribution in [0.5, 0.6) is 11.5 Å². The summed E-state index contributed by atoms with van der Waals surface area (Å²) in [5, 5.41) is 10.7. The monoisotopic (exact) mass is 664 g/mol. The van der Waals surface area contributed by atoms with Crippen molar-refractivity contribution in [2.45, 2.75) is 18.4 Å². The van der Waals surface area contributed by atoms with Gasteiger partial charge in [-0.25, -0.2) is 21.6 Å². The van der Waals surface area contributed by atoms with Crippen molar-refractivity contribution in [1.29, 1.82) is 5.41 Å². The van der Waals surface area contributed by atoms with E-state index < -0.39 is 68.5 Å². The molecule has 1 heterocycles. The number of amides is 1. The van der Waals surface area contributed by atoms with Crippen LogP contribution in [0.2, 0.25) is 0 Å². The Morgan fingerprint density at radius 3 is 2.10 bits per heavy atom. The van der Waals surface area contributed by atoms with Gasteiger partial charge < -0.3 is 19.7 Å². The highest BCUT2D eigenvalue weighted by Crippen LogP contribution is 3.02. The molecule has 0 atom stereocenters. The lowest BCUT2D eigenvalue weighted by molar-refractivity contribution is 0.0962. The molecule has 0 aliphatic carbocycles. The van der Waals surface area contributed by atoms with Crippen LogP contribution in [-0.2, 0) is 26.6 Å². The van der Waals surface area contributed by atoms with Crippen LogP contribution in [-0.4, -0.2) is 72.2 Å². The Morgan fingerprint density at radius 2 is 1.60 bits per heavy atom. The fourth-order valence-electron chi connectivity index (χ4n) is 4.01. The highest BCUT2D eigenvalue weighted by molar-refractivity contribution is 8.45. The average Bonchev–Trinajstić information content (AvgIpc) is 3.09. The number of benzene rings is 2. The predicted molar refractivity (Wildman–Crippen MR) is 144 cm³/mol. The summed E-state index contributed by atoms with van der Waals surface area (Å²) in [5.74, 6) is -1.59. The molecule has 1 aliphatic heterocycles. The summed E-state index contributed by atoms with van der Waals surface area (Å²) < 4.78 is 128. The summed E-state index contributed by atoms with van der Waals surface area (Å²) in [6.07, 6.45) is -0.212. The van der Waals surface area contributed by atoms with Crippen molar-refractivity contribution in [2.75, 3.05) is 36.4 Å². The molecule has 2 aromatic rings. The number of ketones is 1. The number of carbonyl (C=O) groups excluding carboxylic acids is 2. The quantitative estimate of drug-likeness (QED) is 0.280. The lowest BCUT2D eigenvalue weighted by Gasteiger charge is -2.41. The Labute approximate surface area is 237 Å². The van der Waals surface area contributed by atoms with E-state index in [1.54, 1.807) is 6.92 Å². The van der Waals surface area contributed by atoms with Gasteiger partial charge in [0.05, 0.1) is 31.4 Å². The molecule has 0 unspecified atom stereocenters. The zero-order valence-electron chi connectivity index (χ0n) is 22.3. The number of amidine groups is 1. The van der Waals surface area contributed by atoms with Crippen molar-refractivity contribution in [2.24, 2.45) is 0 Å². The second-order valence-electron chi connectivity index (χ2n) is 9.06. The average molecular weight is 665 g/mol. The number of nitrogens with zero attached hydrogens (tertiary/aromatic N) is 2. The number of fused-ring (bicyclic) bond motifs is 1. The first-order valence-electron chi connectivity index (χ1n) is 11.5. The maximum absolute atomic E-state index is 13.8. The van der Waals surface area contributed by atoms with Crippen molar-refractivity contribution in [3.05, 3.63) is 47.0 Å². The van der Waals surface area contributed by atoms with Crippen LogP contribution in [0.3, 0.4) is 0 Å². The van der Waals surface area contributed by atoms with Crippen molar-refractivity contribution < 1.29 is 55.3 Å². The third kappa shape index (κ3) is 7.21. The van der Waals surface area contributed by atoms with Gasteiger partial charge in [0.2, 0.25) is 20.0 Å². The Kier molecular flexibility index (Phi) is 7.80. The molecule has 0 aromatic heterocycles. The lowest BCUT2D eigenvalue weighted by atomic mass is 10.1. The van der Waals surface area contributed by atoms with Gasteiger partial charge in [-0.15, -0.1) is 0 Å². The first kappa shape index (κ1) is 32.9. The van der Waals surface area contributed by atoms with Crippen LogP contribution in [0.25, 0.3) is 0 Å². The zero-order valence-corrected chi connectivity index (χ0v) is 24.7. The van der Waals surface area contributed by atoms with E-state index in [0.29, 0.717) is 24.1 Å². The van der Waals surface area contributed by atoms with E-state index in [1.165, 1.54) is 19.2 Å². The minimum Gasteiger partial charge on any atom is -0.490 e. The smallest absolute Gasteiger partial charge is 0.412 e. The molecule has 20 heteroatoms. The van der Waals surface area contributed by atoms with Gasteiger partial charge in [-0.2, -0.15) is 3.71 Å². The number of halogens is 5. The van der Waals surface area contributed by atoms with E-state index in [1.807, 2.05) is 0 Å². The normalized spacial score (nSPS) is 15.4. The van der Waals surface area contributed by atoms with Gasteiger partial charge in [0.15, 0.2) is 17.3 Å². The largest absolute Gasteiger partial charge is 0.490 e. The van der Waals surface area contributed by atoms with Crippen molar-refractivity contribution in [1.82, 2.24) is 10.2 Å². The Balaban J connectivity index is 2.07. The maximum atomic E-state index is 13.8. The minimum atomic E-state index is -10.6. The van der Waals surface area contributed by atoms with Crippen molar-refractivity contribution >= 4 is 53.7 Å². The third-order valence-corrected chi connectivity index (χ3v) is 9.99. The number of nitrogens with one attached hydrogen (secondary N) is 2. The molecule has 2 N–H and O–H groups in total.